The highest BCUT2D eigenvalue weighted by atomic mass is 32.2. The lowest BCUT2D eigenvalue weighted by Gasteiger charge is -2.32. The zero-order valence-corrected chi connectivity index (χ0v) is 14.4. The number of non-ortho nitro benzene ring substituents is 1. The summed E-state index contributed by atoms with van der Waals surface area (Å²) in [6.45, 7) is 1.65. The third kappa shape index (κ3) is 4.01. The largest absolute Gasteiger partial charge is 0.361 e. The highest BCUT2D eigenvalue weighted by molar-refractivity contribution is 8.03. The third-order valence-corrected chi connectivity index (χ3v) is 5.24. The Morgan fingerprint density at radius 1 is 1.20 bits per heavy atom. The molecule has 1 saturated heterocycles. The van der Waals surface area contributed by atoms with Crippen LogP contribution in [0.1, 0.15) is 17.5 Å². The van der Waals surface area contributed by atoms with Crippen LogP contribution in [0.15, 0.2) is 59.6 Å². The van der Waals surface area contributed by atoms with Crippen LogP contribution in [0.5, 0.6) is 0 Å². The molecule has 0 amide bonds. The Labute approximate surface area is 150 Å². The number of rotatable bonds is 4. The summed E-state index contributed by atoms with van der Waals surface area (Å²) >= 11 is 1.68. The van der Waals surface area contributed by atoms with Gasteiger partial charge in [-0.3, -0.25) is 10.1 Å². The summed E-state index contributed by atoms with van der Waals surface area (Å²) in [6, 6.07) is 18.7. The highest BCUT2D eigenvalue weighted by Crippen LogP contribution is 2.35. The molecule has 0 aliphatic carbocycles. The molecule has 0 aromatic heterocycles. The minimum atomic E-state index is -0.431. The molecule has 0 N–H and O–H groups in total. The monoisotopic (exact) mass is 351 g/mol. The van der Waals surface area contributed by atoms with E-state index in [0.29, 0.717) is 5.57 Å². The summed E-state index contributed by atoms with van der Waals surface area (Å²) < 4.78 is 0. The number of thioether (sulfide) groups is 1. The van der Waals surface area contributed by atoms with E-state index in [1.165, 1.54) is 17.7 Å². The molecule has 5 nitrogen and oxygen atoms in total. The number of hydrogen-bond acceptors (Lipinski definition) is 5. The molecular weight excluding hydrogens is 334 g/mol. The minimum Gasteiger partial charge on any atom is -0.361 e. The Hall–Kier alpha value is -2.78. The Morgan fingerprint density at radius 3 is 2.56 bits per heavy atom. The Morgan fingerprint density at radius 2 is 1.92 bits per heavy atom. The number of nitro benzene ring substituents is 1. The Kier molecular flexibility index (Phi) is 5.36. The first-order valence-electron chi connectivity index (χ1n) is 8.00. The van der Waals surface area contributed by atoms with E-state index < -0.39 is 4.92 Å². The fourth-order valence-corrected chi connectivity index (χ4v) is 3.90. The molecule has 25 heavy (non-hydrogen) atoms. The van der Waals surface area contributed by atoms with Crippen molar-refractivity contribution in [2.45, 2.75) is 13.0 Å². The first-order valence-corrected chi connectivity index (χ1v) is 8.98. The zero-order chi connectivity index (χ0) is 17.6. The van der Waals surface area contributed by atoms with Crippen molar-refractivity contribution in [3.05, 3.63) is 80.9 Å². The fourth-order valence-electron chi connectivity index (χ4n) is 2.79. The molecule has 126 valence electrons. The smallest absolute Gasteiger partial charge is 0.269 e. The maximum atomic E-state index is 10.8. The zero-order valence-electron chi connectivity index (χ0n) is 13.6. The molecule has 0 spiro atoms. The van der Waals surface area contributed by atoms with Crippen molar-refractivity contribution in [3.8, 4) is 6.07 Å². The van der Waals surface area contributed by atoms with Crippen LogP contribution in [0.4, 0.5) is 5.69 Å². The molecule has 1 heterocycles. The predicted molar refractivity (Wildman–Crippen MR) is 99.6 cm³/mol. The van der Waals surface area contributed by atoms with Crippen LogP contribution in [-0.4, -0.2) is 22.1 Å². The van der Waals surface area contributed by atoms with Gasteiger partial charge in [-0.15, -0.1) is 11.8 Å². The lowest BCUT2D eigenvalue weighted by atomic mass is 10.1. The van der Waals surface area contributed by atoms with Crippen LogP contribution in [0.25, 0.3) is 5.57 Å². The van der Waals surface area contributed by atoms with Crippen LogP contribution in [0.3, 0.4) is 0 Å². The van der Waals surface area contributed by atoms with E-state index in [1.54, 1.807) is 23.9 Å². The lowest BCUT2D eigenvalue weighted by molar-refractivity contribution is -0.384. The van der Waals surface area contributed by atoms with Gasteiger partial charge in [0, 0.05) is 31.0 Å². The van der Waals surface area contributed by atoms with Crippen molar-refractivity contribution in [2.75, 3.05) is 12.3 Å². The van der Waals surface area contributed by atoms with Gasteiger partial charge in [0.2, 0.25) is 0 Å². The van der Waals surface area contributed by atoms with Crippen molar-refractivity contribution in [1.29, 1.82) is 5.26 Å². The quantitative estimate of drug-likeness (QED) is 0.463. The molecule has 2 aromatic rings. The second-order valence-electron chi connectivity index (χ2n) is 5.71. The summed E-state index contributed by atoms with van der Waals surface area (Å²) in [7, 11) is 0. The summed E-state index contributed by atoms with van der Waals surface area (Å²) in [5.41, 5.74) is 2.53. The number of benzene rings is 2. The molecule has 6 heteroatoms. The van der Waals surface area contributed by atoms with Gasteiger partial charge in [-0.1, -0.05) is 30.3 Å². The first kappa shape index (κ1) is 17.1. The van der Waals surface area contributed by atoms with E-state index >= 15 is 0 Å². The summed E-state index contributed by atoms with van der Waals surface area (Å²) in [6.07, 6.45) is 1.07. The minimum absolute atomic E-state index is 0.0310. The van der Waals surface area contributed by atoms with Crippen LogP contribution in [0, 0.1) is 21.4 Å². The standard InChI is InChI=1S/C19H17N3O2S/c20-13-18(16-7-9-17(10-8-16)22(23)24)19-21(11-4-12-25-19)14-15-5-2-1-3-6-15/h1-3,5-10H,4,11-12,14H2/b19-18-. The van der Waals surface area contributed by atoms with Gasteiger partial charge in [-0.05, 0) is 29.7 Å². The second kappa shape index (κ2) is 7.86. The van der Waals surface area contributed by atoms with Crippen LogP contribution in [-0.2, 0) is 6.54 Å². The summed E-state index contributed by atoms with van der Waals surface area (Å²) in [5.74, 6) is 0.971. The van der Waals surface area contributed by atoms with Gasteiger partial charge in [0.1, 0.15) is 6.07 Å². The summed E-state index contributed by atoms with van der Waals surface area (Å²) in [5, 5.41) is 21.5. The van der Waals surface area contributed by atoms with Gasteiger partial charge in [-0.25, -0.2) is 0 Å². The Bertz CT molecular complexity index is 826. The van der Waals surface area contributed by atoms with Crippen molar-refractivity contribution in [1.82, 2.24) is 4.90 Å². The van der Waals surface area contributed by atoms with Gasteiger partial charge in [0.25, 0.3) is 5.69 Å². The third-order valence-electron chi connectivity index (χ3n) is 4.01. The lowest BCUT2D eigenvalue weighted by Crippen LogP contribution is -2.27. The van der Waals surface area contributed by atoms with E-state index in [-0.39, 0.29) is 5.69 Å². The van der Waals surface area contributed by atoms with E-state index in [4.69, 9.17) is 0 Å². The molecule has 3 rings (SSSR count). The molecule has 0 atom stereocenters. The molecule has 1 aliphatic rings. The van der Waals surface area contributed by atoms with Gasteiger partial charge in [-0.2, -0.15) is 5.26 Å². The molecule has 0 bridgehead atoms. The average Bonchev–Trinajstić information content (AvgIpc) is 2.65. The fraction of sp³-hybridized carbons (Fsp3) is 0.211. The van der Waals surface area contributed by atoms with E-state index in [0.717, 1.165) is 35.9 Å². The molecular formula is C19H17N3O2S. The average molecular weight is 351 g/mol. The number of nitriles is 1. The maximum absolute atomic E-state index is 10.8. The Balaban J connectivity index is 1.94. The van der Waals surface area contributed by atoms with Gasteiger partial charge >= 0.3 is 0 Å². The van der Waals surface area contributed by atoms with E-state index in [2.05, 4.69) is 23.1 Å². The number of allylic oxidation sites excluding steroid dienone is 1. The van der Waals surface area contributed by atoms with Crippen molar-refractivity contribution in [2.24, 2.45) is 0 Å². The topological polar surface area (TPSA) is 70.2 Å². The van der Waals surface area contributed by atoms with Gasteiger partial charge < -0.3 is 4.90 Å². The van der Waals surface area contributed by atoms with Crippen molar-refractivity contribution < 1.29 is 4.92 Å². The SMILES string of the molecule is N#C/C(=C1/SCCCN1Cc1ccccc1)c1ccc([N+](=O)[O-])cc1. The molecule has 0 saturated carbocycles. The molecule has 1 aliphatic heterocycles. The van der Waals surface area contributed by atoms with Crippen LogP contribution >= 0.6 is 11.8 Å². The van der Waals surface area contributed by atoms with Crippen molar-refractivity contribution >= 4 is 23.0 Å². The number of nitro groups is 1. The van der Waals surface area contributed by atoms with Gasteiger partial charge in [0.05, 0.1) is 15.5 Å². The number of hydrogen-bond donors (Lipinski definition) is 0. The maximum Gasteiger partial charge on any atom is 0.269 e. The van der Waals surface area contributed by atoms with E-state index in [9.17, 15) is 15.4 Å². The molecule has 0 radical (unpaired) electrons. The van der Waals surface area contributed by atoms with Gasteiger partial charge in [0.15, 0.2) is 0 Å². The summed E-state index contributed by atoms with van der Waals surface area (Å²) in [4.78, 5) is 12.6. The number of nitrogens with zero attached hydrogens (tertiary/aromatic N) is 3. The molecule has 0 unspecified atom stereocenters. The molecule has 2 aromatic carbocycles. The highest BCUT2D eigenvalue weighted by Gasteiger charge is 2.21. The predicted octanol–water partition coefficient (Wildman–Crippen LogP) is 4.43. The van der Waals surface area contributed by atoms with E-state index in [1.807, 2.05) is 18.2 Å². The normalized spacial score (nSPS) is 16.2. The first-order chi connectivity index (χ1) is 12.2. The van der Waals surface area contributed by atoms with Crippen molar-refractivity contribution in [3.63, 3.8) is 0 Å². The second-order valence-corrected chi connectivity index (χ2v) is 6.79. The van der Waals surface area contributed by atoms with Crippen LogP contribution in [0.2, 0.25) is 0 Å². The molecule has 1 fully saturated rings. The van der Waals surface area contributed by atoms with Crippen LogP contribution < -0.4 is 0 Å².